The molecule has 2 atom stereocenters. The number of hydrogen-bond donors (Lipinski definition) is 1. The highest BCUT2D eigenvalue weighted by molar-refractivity contribution is 7.13. The van der Waals surface area contributed by atoms with Crippen LogP contribution in [0.2, 0.25) is 0 Å². The van der Waals surface area contributed by atoms with Gasteiger partial charge in [-0.05, 0) is 38.6 Å². The van der Waals surface area contributed by atoms with E-state index in [1.54, 1.807) is 11.3 Å². The standard InChI is InChI=1S/C12H19N3S/c1-9-8-16-12(14-9)15-6-4-11-10(7-15)3-2-5-13-11/h8,10-11,13H,2-7H2,1H3. The van der Waals surface area contributed by atoms with Gasteiger partial charge in [0.25, 0.3) is 0 Å². The summed E-state index contributed by atoms with van der Waals surface area (Å²) in [7, 11) is 0. The molecule has 3 nitrogen and oxygen atoms in total. The van der Waals surface area contributed by atoms with Crippen LogP contribution in [-0.4, -0.2) is 30.7 Å². The van der Waals surface area contributed by atoms with Crippen LogP contribution in [0.25, 0.3) is 0 Å². The Morgan fingerprint density at radius 1 is 1.50 bits per heavy atom. The van der Waals surface area contributed by atoms with Crippen LogP contribution in [0, 0.1) is 12.8 Å². The summed E-state index contributed by atoms with van der Waals surface area (Å²) in [5.74, 6) is 0.840. The van der Waals surface area contributed by atoms with E-state index in [-0.39, 0.29) is 0 Å². The van der Waals surface area contributed by atoms with Crippen LogP contribution >= 0.6 is 11.3 Å². The number of fused-ring (bicyclic) bond motifs is 1. The van der Waals surface area contributed by atoms with Gasteiger partial charge in [0.2, 0.25) is 0 Å². The van der Waals surface area contributed by atoms with Crippen LogP contribution in [0.1, 0.15) is 25.0 Å². The summed E-state index contributed by atoms with van der Waals surface area (Å²) in [6, 6.07) is 0.769. The van der Waals surface area contributed by atoms with Crippen molar-refractivity contribution in [1.29, 1.82) is 0 Å². The number of aryl methyl sites for hydroxylation is 1. The third-order valence-electron chi connectivity index (χ3n) is 3.77. The van der Waals surface area contributed by atoms with Crippen molar-refractivity contribution in [3.05, 3.63) is 11.1 Å². The van der Waals surface area contributed by atoms with E-state index in [2.05, 4.69) is 27.5 Å². The van der Waals surface area contributed by atoms with E-state index in [0.29, 0.717) is 0 Å². The molecule has 2 aliphatic heterocycles. The van der Waals surface area contributed by atoms with Gasteiger partial charge in [-0.3, -0.25) is 0 Å². The molecule has 0 amide bonds. The van der Waals surface area contributed by atoms with Gasteiger partial charge in [-0.1, -0.05) is 0 Å². The largest absolute Gasteiger partial charge is 0.348 e. The molecule has 2 fully saturated rings. The minimum atomic E-state index is 0.769. The van der Waals surface area contributed by atoms with Gasteiger partial charge in [-0.25, -0.2) is 4.98 Å². The molecule has 0 saturated carbocycles. The molecule has 0 aliphatic carbocycles. The van der Waals surface area contributed by atoms with Gasteiger partial charge in [0.1, 0.15) is 0 Å². The SMILES string of the molecule is Cc1csc(N2CCC3NCCCC3C2)n1. The Morgan fingerprint density at radius 3 is 3.25 bits per heavy atom. The van der Waals surface area contributed by atoms with Crippen molar-refractivity contribution in [2.24, 2.45) is 5.92 Å². The molecular weight excluding hydrogens is 218 g/mol. The highest BCUT2D eigenvalue weighted by Crippen LogP contribution is 2.29. The summed E-state index contributed by atoms with van der Waals surface area (Å²) in [5.41, 5.74) is 1.16. The van der Waals surface area contributed by atoms with Gasteiger partial charge in [0, 0.05) is 24.5 Å². The molecule has 0 spiro atoms. The molecule has 4 heteroatoms. The normalized spacial score (nSPS) is 30.2. The maximum Gasteiger partial charge on any atom is 0.185 e. The second kappa shape index (κ2) is 4.34. The number of nitrogens with zero attached hydrogens (tertiary/aromatic N) is 2. The number of hydrogen-bond acceptors (Lipinski definition) is 4. The lowest BCUT2D eigenvalue weighted by atomic mass is 9.86. The van der Waals surface area contributed by atoms with Crippen molar-refractivity contribution in [3.8, 4) is 0 Å². The van der Waals surface area contributed by atoms with E-state index in [1.165, 1.54) is 44.0 Å². The summed E-state index contributed by atoms with van der Waals surface area (Å²) in [5, 5.41) is 7.03. The molecule has 1 aromatic rings. The van der Waals surface area contributed by atoms with Crippen LogP contribution < -0.4 is 10.2 Å². The Balaban J connectivity index is 1.70. The van der Waals surface area contributed by atoms with Gasteiger partial charge >= 0.3 is 0 Å². The number of nitrogens with one attached hydrogen (secondary N) is 1. The summed E-state index contributed by atoms with van der Waals surface area (Å²) in [6.07, 6.45) is 4.01. The first-order chi connectivity index (χ1) is 7.83. The lowest BCUT2D eigenvalue weighted by molar-refractivity contribution is 0.244. The monoisotopic (exact) mass is 237 g/mol. The number of rotatable bonds is 1. The summed E-state index contributed by atoms with van der Waals surface area (Å²) in [6.45, 7) is 5.66. The van der Waals surface area contributed by atoms with Gasteiger partial charge in [0.15, 0.2) is 5.13 Å². The van der Waals surface area contributed by atoms with Crippen LogP contribution in [0.3, 0.4) is 0 Å². The van der Waals surface area contributed by atoms with Gasteiger partial charge < -0.3 is 10.2 Å². The van der Waals surface area contributed by atoms with E-state index in [0.717, 1.165) is 17.7 Å². The predicted octanol–water partition coefficient (Wildman–Crippen LogP) is 2.03. The number of thiazole rings is 1. The first kappa shape index (κ1) is 10.5. The zero-order valence-electron chi connectivity index (χ0n) is 9.78. The minimum absolute atomic E-state index is 0.769. The second-order valence-corrected chi connectivity index (χ2v) is 5.81. The third kappa shape index (κ3) is 1.96. The van der Waals surface area contributed by atoms with Gasteiger partial charge in [-0.2, -0.15) is 0 Å². The lowest BCUT2D eigenvalue weighted by Gasteiger charge is -2.41. The maximum atomic E-state index is 4.60. The average molecular weight is 237 g/mol. The van der Waals surface area contributed by atoms with E-state index >= 15 is 0 Å². The smallest absolute Gasteiger partial charge is 0.185 e. The van der Waals surface area contributed by atoms with E-state index in [1.807, 2.05) is 0 Å². The predicted molar refractivity (Wildman–Crippen MR) is 68.2 cm³/mol. The van der Waals surface area contributed by atoms with Crippen molar-refractivity contribution in [2.75, 3.05) is 24.5 Å². The molecule has 88 valence electrons. The maximum absolute atomic E-state index is 4.60. The Hall–Kier alpha value is -0.610. The fourth-order valence-electron chi connectivity index (χ4n) is 2.91. The average Bonchev–Trinajstić information content (AvgIpc) is 2.75. The van der Waals surface area contributed by atoms with Crippen molar-refractivity contribution in [3.63, 3.8) is 0 Å². The summed E-state index contributed by atoms with van der Waals surface area (Å²) >= 11 is 1.79. The van der Waals surface area contributed by atoms with E-state index in [4.69, 9.17) is 0 Å². The molecule has 2 aliphatic rings. The third-order valence-corrected chi connectivity index (χ3v) is 4.79. The second-order valence-electron chi connectivity index (χ2n) is 4.97. The highest BCUT2D eigenvalue weighted by Gasteiger charge is 2.31. The molecule has 3 heterocycles. The van der Waals surface area contributed by atoms with Crippen molar-refractivity contribution < 1.29 is 0 Å². The topological polar surface area (TPSA) is 28.2 Å². The molecule has 2 unspecified atom stereocenters. The van der Waals surface area contributed by atoms with Crippen molar-refractivity contribution in [1.82, 2.24) is 10.3 Å². The van der Waals surface area contributed by atoms with Crippen LogP contribution in [0.4, 0.5) is 5.13 Å². The number of piperidine rings is 2. The molecule has 1 N–H and O–H groups in total. The van der Waals surface area contributed by atoms with Crippen LogP contribution in [0.15, 0.2) is 5.38 Å². The lowest BCUT2D eigenvalue weighted by Crippen LogP contribution is -2.52. The zero-order valence-corrected chi connectivity index (χ0v) is 10.6. The quantitative estimate of drug-likeness (QED) is 0.810. The fraction of sp³-hybridized carbons (Fsp3) is 0.750. The highest BCUT2D eigenvalue weighted by atomic mass is 32.1. The first-order valence-electron chi connectivity index (χ1n) is 6.23. The van der Waals surface area contributed by atoms with E-state index in [9.17, 15) is 0 Å². The van der Waals surface area contributed by atoms with Crippen molar-refractivity contribution >= 4 is 16.5 Å². The molecule has 3 rings (SSSR count). The molecule has 0 bridgehead atoms. The van der Waals surface area contributed by atoms with Crippen LogP contribution in [0.5, 0.6) is 0 Å². The van der Waals surface area contributed by atoms with Crippen LogP contribution in [-0.2, 0) is 0 Å². The van der Waals surface area contributed by atoms with Gasteiger partial charge in [0.05, 0.1) is 5.69 Å². The Morgan fingerprint density at radius 2 is 2.44 bits per heavy atom. The molecule has 16 heavy (non-hydrogen) atoms. The Bertz CT molecular complexity index is 363. The number of anilines is 1. The first-order valence-corrected chi connectivity index (χ1v) is 7.11. The van der Waals surface area contributed by atoms with Gasteiger partial charge in [-0.15, -0.1) is 11.3 Å². The van der Waals surface area contributed by atoms with Crippen molar-refractivity contribution in [2.45, 2.75) is 32.2 Å². The molecular formula is C12H19N3S. The summed E-state index contributed by atoms with van der Waals surface area (Å²) < 4.78 is 0. The molecule has 0 aromatic carbocycles. The molecule has 2 saturated heterocycles. The Kier molecular flexibility index (Phi) is 2.86. The minimum Gasteiger partial charge on any atom is -0.348 e. The summed E-state index contributed by atoms with van der Waals surface area (Å²) in [4.78, 5) is 7.07. The zero-order chi connectivity index (χ0) is 11.0. The molecule has 0 radical (unpaired) electrons. The fourth-order valence-corrected chi connectivity index (χ4v) is 3.75. The number of aromatic nitrogens is 1. The Labute approximate surface area is 101 Å². The van der Waals surface area contributed by atoms with E-state index < -0.39 is 0 Å². The molecule has 1 aromatic heterocycles.